The summed E-state index contributed by atoms with van der Waals surface area (Å²) in [6, 6.07) is 8.41. The summed E-state index contributed by atoms with van der Waals surface area (Å²) >= 11 is 0. The van der Waals surface area contributed by atoms with Crippen molar-refractivity contribution in [3.8, 4) is 0 Å². The van der Waals surface area contributed by atoms with Crippen molar-refractivity contribution in [2.45, 2.75) is 32.6 Å². The van der Waals surface area contributed by atoms with Crippen molar-refractivity contribution in [3.05, 3.63) is 47.2 Å². The van der Waals surface area contributed by atoms with Crippen LogP contribution in [-0.2, 0) is 19.3 Å². The van der Waals surface area contributed by atoms with Crippen LogP contribution in [0.15, 0.2) is 28.7 Å². The number of aryl methyl sites for hydroxylation is 4. The molecule has 0 aliphatic heterocycles. The quantitative estimate of drug-likeness (QED) is 0.775. The Kier molecular flexibility index (Phi) is 5.10. The van der Waals surface area contributed by atoms with Gasteiger partial charge in [-0.3, -0.25) is 0 Å². The normalized spacial score (nSPS) is 10.8. The Hall–Kier alpha value is -1.68. The molecule has 1 heterocycles. The predicted octanol–water partition coefficient (Wildman–Crippen LogP) is 2.32. The second-order valence-corrected chi connectivity index (χ2v) is 4.72. The van der Waals surface area contributed by atoms with Gasteiger partial charge in [0.05, 0.1) is 0 Å². The first-order chi connectivity index (χ1) is 9.29. The van der Waals surface area contributed by atoms with Crippen molar-refractivity contribution in [3.63, 3.8) is 0 Å². The van der Waals surface area contributed by atoms with E-state index in [0.717, 1.165) is 44.0 Å². The molecule has 0 radical (unpaired) electrons. The van der Waals surface area contributed by atoms with E-state index in [1.165, 1.54) is 11.1 Å². The lowest BCUT2D eigenvalue weighted by atomic mass is 10.0. The summed E-state index contributed by atoms with van der Waals surface area (Å²) in [5.74, 6) is 1.48. The van der Waals surface area contributed by atoms with E-state index < -0.39 is 0 Å². The Bertz CT molecular complexity index is 508. The van der Waals surface area contributed by atoms with Crippen LogP contribution in [0.25, 0.3) is 0 Å². The number of hydrogen-bond acceptors (Lipinski definition) is 4. The molecule has 0 saturated carbocycles. The summed E-state index contributed by atoms with van der Waals surface area (Å²) in [5, 5.41) is 11.3. The van der Waals surface area contributed by atoms with Crippen molar-refractivity contribution >= 4 is 0 Å². The van der Waals surface area contributed by atoms with Crippen LogP contribution < -0.4 is 5.32 Å². The molecule has 4 heteroatoms. The number of nitrogens with one attached hydrogen (secondary N) is 1. The van der Waals surface area contributed by atoms with Gasteiger partial charge < -0.3 is 9.73 Å². The Morgan fingerprint density at radius 2 is 1.79 bits per heavy atom. The van der Waals surface area contributed by atoms with Crippen LogP contribution in [0.1, 0.15) is 29.3 Å². The molecule has 4 nitrogen and oxygen atoms in total. The van der Waals surface area contributed by atoms with Gasteiger partial charge in [0.15, 0.2) is 0 Å². The van der Waals surface area contributed by atoms with E-state index >= 15 is 0 Å². The van der Waals surface area contributed by atoms with E-state index in [9.17, 15) is 0 Å². The van der Waals surface area contributed by atoms with Gasteiger partial charge >= 0.3 is 0 Å². The van der Waals surface area contributed by atoms with Crippen LogP contribution in [0, 0.1) is 6.92 Å². The lowest BCUT2D eigenvalue weighted by Crippen LogP contribution is -2.08. The molecular formula is C15H21N3O. The zero-order chi connectivity index (χ0) is 13.5. The molecule has 0 bridgehead atoms. The summed E-state index contributed by atoms with van der Waals surface area (Å²) in [4.78, 5) is 0. The number of nitrogens with zero attached hydrogens (tertiary/aromatic N) is 2. The summed E-state index contributed by atoms with van der Waals surface area (Å²) < 4.78 is 5.64. The maximum absolute atomic E-state index is 5.64. The van der Waals surface area contributed by atoms with Gasteiger partial charge in [0.25, 0.3) is 0 Å². The van der Waals surface area contributed by atoms with Crippen LogP contribution in [0.5, 0.6) is 0 Å². The lowest BCUT2D eigenvalue weighted by Gasteiger charge is -2.02. The van der Waals surface area contributed by atoms with E-state index in [2.05, 4.69) is 46.7 Å². The van der Waals surface area contributed by atoms with Crippen molar-refractivity contribution < 1.29 is 4.42 Å². The van der Waals surface area contributed by atoms with E-state index in [4.69, 9.17) is 4.42 Å². The molecule has 0 fully saturated rings. The SMILES string of the molecule is CNCCCc1nnc(CCc2ccccc2C)o1. The molecule has 0 aliphatic carbocycles. The fourth-order valence-corrected chi connectivity index (χ4v) is 2.04. The van der Waals surface area contributed by atoms with Crippen LogP contribution in [0.2, 0.25) is 0 Å². The van der Waals surface area contributed by atoms with Crippen LogP contribution in [0.4, 0.5) is 0 Å². The fraction of sp³-hybridized carbons (Fsp3) is 0.467. The summed E-state index contributed by atoms with van der Waals surface area (Å²) in [5.41, 5.74) is 2.66. The minimum atomic E-state index is 0.739. The van der Waals surface area contributed by atoms with Gasteiger partial charge in [-0.2, -0.15) is 0 Å². The van der Waals surface area contributed by atoms with E-state index in [0.29, 0.717) is 0 Å². The van der Waals surface area contributed by atoms with E-state index in [-0.39, 0.29) is 0 Å². The number of aromatic nitrogens is 2. The molecule has 19 heavy (non-hydrogen) atoms. The third kappa shape index (κ3) is 4.17. The first-order valence-electron chi connectivity index (χ1n) is 6.80. The molecule has 0 atom stereocenters. The van der Waals surface area contributed by atoms with Gasteiger partial charge in [-0.05, 0) is 44.5 Å². The monoisotopic (exact) mass is 259 g/mol. The number of rotatable bonds is 7. The van der Waals surface area contributed by atoms with Gasteiger partial charge in [-0.25, -0.2) is 0 Å². The first-order valence-corrected chi connectivity index (χ1v) is 6.80. The fourth-order valence-electron chi connectivity index (χ4n) is 2.04. The maximum atomic E-state index is 5.64. The third-order valence-corrected chi connectivity index (χ3v) is 3.20. The molecule has 2 aromatic rings. The van der Waals surface area contributed by atoms with Crippen molar-refractivity contribution in [1.29, 1.82) is 0 Å². The molecule has 0 amide bonds. The van der Waals surface area contributed by atoms with Crippen LogP contribution >= 0.6 is 0 Å². The second-order valence-electron chi connectivity index (χ2n) is 4.72. The summed E-state index contributed by atoms with van der Waals surface area (Å²) in [6.07, 6.45) is 3.63. The largest absolute Gasteiger partial charge is 0.425 e. The Balaban J connectivity index is 1.85. The minimum absolute atomic E-state index is 0.739. The topological polar surface area (TPSA) is 51.0 Å². The molecule has 1 aromatic carbocycles. The molecule has 0 aliphatic rings. The molecule has 2 rings (SSSR count). The highest BCUT2D eigenvalue weighted by molar-refractivity contribution is 5.25. The van der Waals surface area contributed by atoms with E-state index in [1.807, 2.05) is 7.05 Å². The highest BCUT2D eigenvalue weighted by Gasteiger charge is 2.06. The van der Waals surface area contributed by atoms with Crippen molar-refractivity contribution in [2.75, 3.05) is 13.6 Å². The zero-order valence-corrected chi connectivity index (χ0v) is 11.6. The Morgan fingerprint density at radius 1 is 1.05 bits per heavy atom. The molecule has 0 spiro atoms. The third-order valence-electron chi connectivity index (χ3n) is 3.20. The van der Waals surface area contributed by atoms with Gasteiger partial charge in [0.1, 0.15) is 0 Å². The number of benzene rings is 1. The number of hydrogen-bond donors (Lipinski definition) is 1. The zero-order valence-electron chi connectivity index (χ0n) is 11.6. The Labute approximate surface area is 114 Å². The lowest BCUT2D eigenvalue weighted by molar-refractivity contribution is 0.442. The van der Waals surface area contributed by atoms with Crippen molar-refractivity contribution in [1.82, 2.24) is 15.5 Å². The van der Waals surface area contributed by atoms with E-state index in [1.54, 1.807) is 0 Å². The molecular weight excluding hydrogens is 238 g/mol. The minimum Gasteiger partial charge on any atom is -0.425 e. The molecule has 0 saturated heterocycles. The van der Waals surface area contributed by atoms with Crippen LogP contribution in [-0.4, -0.2) is 23.8 Å². The molecule has 1 N–H and O–H groups in total. The predicted molar refractivity (Wildman–Crippen MR) is 75.1 cm³/mol. The standard InChI is InChI=1S/C15H21N3O/c1-12-6-3-4-7-13(12)9-10-15-18-17-14(19-15)8-5-11-16-2/h3-4,6-7,16H,5,8-11H2,1-2H3. The molecule has 1 aromatic heterocycles. The smallest absolute Gasteiger partial charge is 0.216 e. The highest BCUT2D eigenvalue weighted by Crippen LogP contribution is 2.11. The maximum Gasteiger partial charge on any atom is 0.216 e. The van der Waals surface area contributed by atoms with Gasteiger partial charge in [0.2, 0.25) is 11.8 Å². The summed E-state index contributed by atoms with van der Waals surface area (Å²) in [6.45, 7) is 3.10. The van der Waals surface area contributed by atoms with Gasteiger partial charge in [-0.15, -0.1) is 10.2 Å². The van der Waals surface area contributed by atoms with Gasteiger partial charge in [-0.1, -0.05) is 24.3 Å². The second kappa shape index (κ2) is 7.04. The molecule has 102 valence electrons. The summed E-state index contributed by atoms with van der Waals surface area (Å²) in [7, 11) is 1.95. The van der Waals surface area contributed by atoms with Gasteiger partial charge in [0, 0.05) is 12.8 Å². The first kappa shape index (κ1) is 13.7. The highest BCUT2D eigenvalue weighted by atomic mass is 16.4. The van der Waals surface area contributed by atoms with Crippen molar-refractivity contribution in [2.24, 2.45) is 0 Å². The molecule has 0 unspecified atom stereocenters. The average Bonchev–Trinajstić information content (AvgIpc) is 2.86. The van der Waals surface area contributed by atoms with Crippen LogP contribution in [0.3, 0.4) is 0 Å². The average molecular weight is 259 g/mol. The Morgan fingerprint density at radius 3 is 2.53 bits per heavy atom.